The molecule has 2 aliphatic rings. The van der Waals surface area contributed by atoms with Gasteiger partial charge in [-0.2, -0.15) is 18.2 Å². The first-order chi connectivity index (χ1) is 17.3. The summed E-state index contributed by atoms with van der Waals surface area (Å²) in [5.41, 5.74) is -0.105. The van der Waals surface area contributed by atoms with E-state index in [4.69, 9.17) is 14.2 Å². The second-order valence-electron chi connectivity index (χ2n) is 11.0. The third-order valence-corrected chi connectivity index (χ3v) is 6.91. The van der Waals surface area contributed by atoms with E-state index in [0.29, 0.717) is 18.6 Å². The quantitative estimate of drug-likeness (QED) is 0.534. The molecule has 2 saturated heterocycles. The molecule has 3 atom stereocenters. The standard InChI is InChI=1S/C27H36F3N3O4/c1-17-8-10-20(37-17)16-36-22-11-9-18(27(28,29)30)13-21(22)25(34)31-24-14-23(26(2,3)4)32(5)33(24)15-19-7-6-12-35-19/h9,11,13-14,17,19-20H,6-8,10,12,15-16H2,1-5H3/b31-24+/t17-,19-,20?/m1/s1. The number of hydrogen-bond donors (Lipinski definition) is 0. The highest BCUT2D eigenvalue weighted by atomic mass is 19.4. The Labute approximate surface area is 215 Å². The SMILES string of the molecule is C[C@@H]1CCC(COc2ccc(C(F)(F)F)cc2C(=O)/N=c2\cc(C(C)(C)C)n(C)n2C[C@H]2CCCO2)O1. The second kappa shape index (κ2) is 10.6. The van der Waals surface area contributed by atoms with Gasteiger partial charge in [0, 0.05) is 30.8 Å². The third-order valence-electron chi connectivity index (χ3n) is 6.91. The molecule has 0 aliphatic carbocycles. The summed E-state index contributed by atoms with van der Waals surface area (Å²) in [6, 6.07) is 4.74. The highest BCUT2D eigenvalue weighted by Crippen LogP contribution is 2.33. The molecule has 204 valence electrons. The zero-order chi connectivity index (χ0) is 27.0. The van der Waals surface area contributed by atoms with Gasteiger partial charge in [-0.3, -0.25) is 14.2 Å². The number of carbonyl (C=O) groups is 1. The van der Waals surface area contributed by atoms with Crippen LogP contribution in [0.4, 0.5) is 13.2 Å². The molecule has 2 aliphatic heterocycles. The van der Waals surface area contributed by atoms with Crippen LogP contribution in [0.5, 0.6) is 5.75 Å². The number of benzene rings is 1. The molecular weight excluding hydrogens is 487 g/mol. The van der Waals surface area contributed by atoms with Gasteiger partial charge in [-0.25, -0.2) is 0 Å². The summed E-state index contributed by atoms with van der Waals surface area (Å²) in [6.45, 7) is 9.43. The van der Waals surface area contributed by atoms with Crippen molar-refractivity contribution >= 4 is 5.91 Å². The molecule has 4 rings (SSSR count). The molecule has 0 radical (unpaired) electrons. The first-order valence-electron chi connectivity index (χ1n) is 12.8. The van der Waals surface area contributed by atoms with Crippen molar-refractivity contribution in [1.82, 2.24) is 9.36 Å². The Morgan fingerprint density at radius 1 is 1.14 bits per heavy atom. The van der Waals surface area contributed by atoms with Crippen LogP contribution in [0.25, 0.3) is 0 Å². The first kappa shape index (κ1) is 27.4. The van der Waals surface area contributed by atoms with Crippen molar-refractivity contribution in [3.05, 3.63) is 46.6 Å². The van der Waals surface area contributed by atoms with Gasteiger partial charge >= 0.3 is 6.18 Å². The van der Waals surface area contributed by atoms with Crippen molar-refractivity contribution in [2.75, 3.05) is 13.2 Å². The molecule has 1 aromatic carbocycles. The van der Waals surface area contributed by atoms with Gasteiger partial charge in [0.05, 0.1) is 36.0 Å². The summed E-state index contributed by atoms with van der Waals surface area (Å²) in [4.78, 5) is 17.7. The Morgan fingerprint density at radius 2 is 1.89 bits per heavy atom. The second-order valence-corrected chi connectivity index (χ2v) is 11.0. The Hall–Kier alpha value is -2.59. The molecule has 1 aromatic heterocycles. The van der Waals surface area contributed by atoms with Crippen LogP contribution in [0.3, 0.4) is 0 Å². The van der Waals surface area contributed by atoms with Gasteiger partial charge in [0.1, 0.15) is 12.4 Å². The molecule has 0 saturated carbocycles. The monoisotopic (exact) mass is 523 g/mol. The molecule has 1 amide bonds. The molecule has 3 heterocycles. The lowest BCUT2D eigenvalue weighted by Gasteiger charge is -2.21. The summed E-state index contributed by atoms with van der Waals surface area (Å²) >= 11 is 0. The van der Waals surface area contributed by atoms with Gasteiger partial charge in [0.15, 0.2) is 5.49 Å². The molecule has 2 fully saturated rings. The smallest absolute Gasteiger partial charge is 0.416 e. The number of aromatic nitrogens is 2. The van der Waals surface area contributed by atoms with Crippen molar-refractivity contribution < 1.29 is 32.2 Å². The molecule has 7 nitrogen and oxygen atoms in total. The summed E-state index contributed by atoms with van der Waals surface area (Å²) in [5.74, 6) is -0.739. The number of ether oxygens (including phenoxy) is 3. The van der Waals surface area contributed by atoms with Gasteiger partial charge in [-0.1, -0.05) is 20.8 Å². The van der Waals surface area contributed by atoms with Crippen LogP contribution < -0.4 is 10.2 Å². The normalized spacial score (nSPS) is 23.1. The van der Waals surface area contributed by atoms with Crippen molar-refractivity contribution in [2.45, 2.75) is 89.8 Å². The zero-order valence-electron chi connectivity index (χ0n) is 22.1. The van der Waals surface area contributed by atoms with Crippen molar-refractivity contribution in [2.24, 2.45) is 12.0 Å². The van der Waals surface area contributed by atoms with Crippen molar-refractivity contribution in [3.8, 4) is 5.75 Å². The summed E-state index contributed by atoms with van der Waals surface area (Å²) in [6.07, 6.45) is -1.16. The Balaban J connectivity index is 1.72. The summed E-state index contributed by atoms with van der Waals surface area (Å²) in [5, 5.41) is 0. The molecule has 0 N–H and O–H groups in total. The highest BCUT2D eigenvalue weighted by Gasteiger charge is 2.33. The van der Waals surface area contributed by atoms with Gasteiger partial charge in [-0.05, 0) is 50.8 Å². The van der Waals surface area contributed by atoms with E-state index in [2.05, 4.69) is 25.8 Å². The number of alkyl halides is 3. The van der Waals surface area contributed by atoms with Crippen LogP contribution in [-0.2, 0) is 34.7 Å². The van der Waals surface area contributed by atoms with Crippen molar-refractivity contribution in [3.63, 3.8) is 0 Å². The summed E-state index contributed by atoms with van der Waals surface area (Å²) in [7, 11) is 1.89. The average Bonchev–Trinajstić information content (AvgIpc) is 3.54. The Kier molecular flexibility index (Phi) is 7.90. The number of rotatable bonds is 6. The fourth-order valence-electron chi connectivity index (χ4n) is 4.92. The third kappa shape index (κ3) is 6.46. The van der Waals surface area contributed by atoms with Crippen LogP contribution in [0.15, 0.2) is 29.3 Å². The van der Waals surface area contributed by atoms with Crippen LogP contribution in [0, 0.1) is 0 Å². The van der Waals surface area contributed by atoms with E-state index in [1.807, 2.05) is 29.4 Å². The molecule has 0 spiro atoms. The maximum atomic E-state index is 13.5. The number of hydrogen-bond acceptors (Lipinski definition) is 4. The van der Waals surface area contributed by atoms with Gasteiger partial charge < -0.3 is 14.2 Å². The van der Waals surface area contributed by atoms with E-state index in [-0.39, 0.29) is 41.6 Å². The van der Waals surface area contributed by atoms with E-state index in [1.165, 1.54) is 6.07 Å². The predicted molar refractivity (Wildman–Crippen MR) is 131 cm³/mol. The molecule has 37 heavy (non-hydrogen) atoms. The van der Waals surface area contributed by atoms with Crippen LogP contribution in [0.1, 0.15) is 75.0 Å². The van der Waals surface area contributed by atoms with Gasteiger partial charge in [0.2, 0.25) is 0 Å². The largest absolute Gasteiger partial charge is 0.490 e. The number of amides is 1. The maximum absolute atomic E-state index is 13.5. The summed E-state index contributed by atoms with van der Waals surface area (Å²) < 4.78 is 61.7. The average molecular weight is 524 g/mol. The number of halogens is 3. The minimum absolute atomic E-state index is 0.0169. The van der Waals surface area contributed by atoms with E-state index in [1.54, 1.807) is 0 Å². The zero-order valence-corrected chi connectivity index (χ0v) is 22.1. The molecule has 2 aromatic rings. The number of nitrogens with zero attached hydrogens (tertiary/aromatic N) is 3. The van der Waals surface area contributed by atoms with Gasteiger partial charge in [0.25, 0.3) is 5.91 Å². The Morgan fingerprint density at radius 3 is 2.49 bits per heavy atom. The maximum Gasteiger partial charge on any atom is 0.416 e. The van der Waals surface area contributed by atoms with Gasteiger partial charge in [-0.15, -0.1) is 0 Å². The highest BCUT2D eigenvalue weighted by molar-refractivity contribution is 5.97. The molecule has 10 heteroatoms. The van der Waals surface area contributed by atoms with Crippen molar-refractivity contribution in [1.29, 1.82) is 0 Å². The van der Waals surface area contributed by atoms with E-state index >= 15 is 0 Å². The minimum Gasteiger partial charge on any atom is -0.490 e. The lowest BCUT2D eigenvalue weighted by Crippen LogP contribution is -2.30. The molecule has 1 unspecified atom stereocenters. The predicted octanol–water partition coefficient (Wildman–Crippen LogP) is 5.01. The fraction of sp³-hybridized carbons (Fsp3) is 0.630. The van der Waals surface area contributed by atoms with E-state index < -0.39 is 17.6 Å². The van der Waals surface area contributed by atoms with Crippen LogP contribution in [0.2, 0.25) is 0 Å². The first-order valence-corrected chi connectivity index (χ1v) is 12.8. The topological polar surface area (TPSA) is 67.0 Å². The fourth-order valence-corrected chi connectivity index (χ4v) is 4.92. The lowest BCUT2D eigenvalue weighted by molar-refractivity contribution is -0.137. The number of carbonyl (C=O) groups excluding carboxylic acids is 1. The lowest BCUT2D eigenvalue weighted by atomic mass is 9.92. The van der Waals surface area contributed by atoms with E-state index in [0.717, 1.165) is 43.5 Å². The Bertz CT molecular complexity index is 1190. The molecular formula is C27H36F3N3O4. The van der Waals surface area contributed by atoms with Crippen LogP contribution in [-0.4, -0.2) is 46.8 Å². The molecule has 0 bridgehead atoms. The van der Waals surface area contributed by atoms with Crippen LogP contribution >= 0.6 is 0 Å². The van der Waals surface area contributed by atoms with E-state index in [9.17, 15) is 18.0 Å². The minimum atomic E-state index is -4.61.